The molecule has 0 saturated carbocycles. The standard InChI is InChI=1S/C10H21NO.H2/c1-4-5-8-11-10(12)7-6-9(2)3;/h9H,4-8H2,1-3H3,(H,11,12);1H. The first-order chi connectivity index (χ1) is 5.66. The van der Waals surface area contributed by atoms with Gasteiger partial charge >= 0.3 is 0 Å². The molecule has 0 radical (unpaired) electrons. The van der Waals surface area contributed by atoms with Crippen molar-refractivity contribution < 1.29 is 6.22 Å². The van der Waals surface area contributed by atoms with E-state index in [2.05, 4.69) is 26.1 Å². The minimum Gasteiger partial charge on any atom is -0.356 e. The summed E-state index contributed by atoms with van der Waals surface area (Å²) in [4.78, 5) is 11.1. The Morgan fingerprint density at radius 1 is 1.50 bits per heavy atom. The Hall–Kier alpha value is -0.530. The van der Waals surface area contributed by atoms with Crippen molar-refractivity contribution in [3.63, 3.8) is 0 Å². The molecule has 2 nitrogen and oxygen atoms in total. The minimum atomic E-state index is 0. The maximum absolute atomic E-state index is 11.1. The van der Waals surface area contributed by atoms with Crippen molar-refractivity contribution in [2.45, 2.75) is 46.5 Å². The van der Waals surface area contributed by atoms with E-state index in [-0.39, 0.29) is 7.33 Å². The molecule has 1 N–H and O–H groups in total. The molecule has 12 heavy (non-hydrogen) atoms. The fourth-order valence-electron chi connectivity index (χ4n) is 0.913. The molecule has 74 valence electrons. The van der Waals surface area contributed by atoms with Gasteiger partial charge in [0.15, 0.2) is 0 Å². The smallest absolute Gasteiger partial charge is 0.220 e. The molecule has 0 aromatic heterocycles. The van der Waals surface area contributed by atoms with Crippen molar-refractivity contribution in [3.05, 3.63) is 0 Å². The lowest BCUT2D eigenvalue weighted by atomic mass is 10.1. The van der Waals surface area contributed by atoms with Gasteiger partial charge in [-0.3, -0.25) is 4.79 Å². The average Bonchev–Trinajstić information content (AvgIpc) is 2.01. The number of amides is 1. The molecule has 0 rings (SSSR count). The SMILES string of the molecule is CCCCNC(=O)CCC(C)C.[HH]. The molecule has 2 heteroatoms. The summed E-state index contributed by atoms with van der Waals surface area (Å²) in [7, 11) is 0. The van der Waals surface area contributed by atoms with Gasteiger partial charge in [0.2, 0.25) is 5.91 Å². The van der Waals surface area contributed by atoms with Crippen molar-refractivity contribution in [2.75, 3.05) is 6.54 Å². The van der Waals surface area contributed by atoms with Crippen LogP contribution >= 0.6 is 0 Å². The Morgan fingerprint density at radius 2 is 2.17 bits per heavy atom. The molecule has 1 amide bonds. The van der Waals surface area contributed by atoms with Gasteiger partial charge in [-0.25, -0.2) is 0 Å². The van der Waals surface area contributed by atoms with E-state index in [1.54, 1.807) is 0 Å². The Balaban J connectivity index is 0. The number of carbonyl (C=O) groups excluding carboxylic acids is 1. The highest BCUT2D eigenvalue weighted by atomic mass is 16.1. The number of rotatable bonds is 6. The molecule has 0 aromatic rings. The third kappa shape index (κ3) is 7.58. The lowest BCUT2D eigenvalue weighted by molar-refractivity contribution is -0.121. The molecule has 0 atom stereocenters. The van der Waals surface area contributed by atoms with Gasteiger partial charge in [0.05, 0.1) is 0 Å². The van der Waals surface area contributed by atoms with Crippen molar-refractivity contribution in [1.82, 2.24) is 5.32 Å². The second-order valence-corrected chi connectivity index (χ2v) is 3.64. The molecular weight excluding hydrogens is 150 g/mol. The summed E-state index contributed by atoms with van der Waals surface area (Å²) in [6.07, 6.45) is 3.91. The summed E-state index contributed by atoms with van der Waals surface area (Å²) in [5.74, 6) is 0.832. The summed E-state index contributed by atoms with van der Waals surface area (Å²) in [5, 5.41) is 2.90. The van der Waals surface area contributed by atoms with Crippen molar-refractivity contribution in [1.29, 1.82) is 0 Å². The summed E-state index contributed by atoms with van der Waals surface area (Å²) in [5.41, 5.74) is 0. The number of nitrogens with one attached hydrogen (secondary N) is 1. The fourth-order valence-corrected chi connectivity index (χ4v) is 0.913. The molecule has 0 aliphatic rings. The van der Waals surface area contributed by atoms with Crippen LogP contribution < -0.4 is 5.32 Å². The van der Waals surface area contributed by atoms with E-state index < -0.39 is 0 Å². The van der Waals surface area contributed by atoms with Crippen LogP contribution in [0.4, 0.5) is 0 Å². The van der Waals surface area contributed by atoms with Crippen molar-refractivity contribution >= 4 is 5.91 Å². The van der Waals surface area contributed by atoms with Crippen LogP contribution in [0.25, 0.3) is 0 Å². The van der Waals surface area contributed by atoms with Gasteiger partial charge in [-0.1, -0.05) is 27.2 Å². The largest absolute Gasteiger partial charge is 0.356 e. The molecule has 0 heterocycles. The Labute approximate surface area is 77.2 Å². The first-order valence-electron chi connectivity index (χ1n) is 4.93. The first kappa shape index (κ1) is 11.5. The summed E-state index contributed by atoms with van der Waals surface area (Å²) < 4.78 is 0. The summed E-state index contributed by atoms with van der Waals surface area (Å²) in [6.45, 7) is 7.24. The lowest BCUT2D eigenvalue weighted by Gasteiger charge is -2.05. The van der Waals surface area contributed by atoms with Crippen LogP contribution in [-0.4, -0.2) is 12.5 Å². The molecule has 0 aliphatic carbocycles. The first-order valence-corrected chi connectivity index (χ1v) is 4.93. The zero-order valence-electron chi connectivity index (χ0n) is 8.52. The zero-order chi connectivity index (χ0) is 9.40. The van der Waals surface area contributed by atoms with Crippen LogP contribution in [0.5, 0.6) is 0 Å². The number of hydrogen-bond donors (Lipinski definition) is 1. The fraction of sp³-hybridized carbons (Fsp3) is 0.900. The van der Waals surface area contributed by atoms with Gasteiger partial charge in [-0.05, 0) is 18.8 Å². The number of carbonyl (C=O) groups is 1. The van der Waals surface area contributed by atoms with E-state index in [1.807, 2.05) is 0 Å². The molecule has 0 unspecified atom stereocenters. The van der Waals surface area contributed by atoms with E-state index in [1.165, 1.54) is 0 Å². The topological polar surface area (TPSA) is 29.1 Å². The number of unbranched alkanes of at least 4 members (excludes halogenated alkanes) is 1. The Kier molecular flexibility index (Phi) is 6.82. The van der Waals surface area contributed by atoms with Crippen LogP contribution in [0.3, 0.4) is 0 Å². The third-order valence-electron chi connectivity index (χ3n) is 1.80. The average molecular weight is 173 g/mol. The summed E-state index contributed by atoms with van der Waals surface area (Å²) >= 11 is 0. The highest BCUT2D eigenvalue weighted by Gasteiger charge is 2.01. The third-order valence-corrected chi connectivity index (χ3v) is 1.80. The van der Waals surface area contributed by atoms with Crippen LogP contribution in [0, 0.1) is 5.92 Å². The predicted octanol–water partition coefficient (Wildman–Crippen LogP) is 2.58. The van der Waals surface area contributed by atoms with Crippen LogP contribution in [0.15, 0.2) is 0 Å². The van der Waals surface area contributed by atoms with Crippen LogP contribution in [0.2, 0.25) is 0 Å². The van der Waals surface area contributed by atoms with Crippen molar-refractivity contribution in [3.8, 4) is 0 Å². The molecule has 0 saturated heterocycles. The lowest BCUT2D eigenvalue weighted by Crippen LogP contribution is -2.24. The van der Waals surface area contributed by atoms with Gasteiger partial charge in [0.25, 0.3) is 0 Å². The predicted molar refractivity (Wildman–Crippen MR) is 54.1 cm³/mol. The molecule has 0 bridgehead atoms. The van der Waals surface area contributed by atoms with E-state index in [4.69, 9.17) is 0 Å². The van der Waals surface area contributed by atoms with Gasteiger partial charge in [0, 0.05) is 14.4 Å². The normalized spacial score (nSPS) is 10.3. The molecule has 0 fully saturated rings. The maximum Gasteiger partial charge on any atom is 0.220 e. The van der Waals surface area contributed by atoms with Crippen LogP contribution in [-0.2, 0) is 4.79 Å². The van der Waals surface area contributed by atoms with E-state index in [0.29, 0.717) is 12.3 Å². The van der Waals surface area contributed by atoms with Crippen molar-refractivity contribution in [2.24, 2.45) is 5.92 Å². The Morgan fingerprint density at radius 3 is 2.67 bits per heavy atom. The van der Waals surface area contributed by atoms with E-state index >= 15 is 0 Å². The molecule has 0 aliphatic heterocycles. The quantitative estimate of drug-likeness (QED) is 0.615. The highest BCUT2D eigenvalue weighted by Crippen LogP contribution is 2.02. The zero-order valence-corrected chi connectivity index (χ0v) is 8.52. The second kappa shape index (κ2) is 7.14. The maximum atomic E-state index is 11.1. The second-order valence-electron chi connectivity index (χ2n) is 3.64. The van der Waals surface area contributed by atoms with Gasteiger partial charge in [-0.15, -0.1) is 0 Å². The van der Waals surface area contributed by atoms with Gasteiger partial charge in [-0.2, -0.15) is 0 Å². The minimum absolute atomic E-state index is 0. The highest BCUT2D eigenvalue weighted by molar-refractivity contribution is 5.75. The van der Waals surface area contributed by atoms with Gasteiger partial charge in [0.1, 0.15) is 0 Å². The molecular formula is C10H23NO. The summed E-state index contributed by atoms with van der Waals surface area (Å²) in [6, 6.07) is 0. The molecule has 0 aromatic carbocycles. The number of hydrogen-bond acceptors (Lipinski definition) is 1. The monoisotopic (exact) mass is 173 g/mol. The van der Waals surface area contributed by atoms with Crippen LogP contribution in [0.1, 0.15) is 47.9 Å². The Bertz CT molecular complexity index is 126. The van der Waals surface area contributed by atoms with E-state index in [9.17, 15) is 4.79 Å². The molecule has 0 spiro atoms. The van der Waals surface area contributed by atoms with E-state index in [0.717, 1.165) is 25.8 Å². The van der Waals surface area contributed by atoms with Gasteiger partial charge < -0.3 is 5.32 Å².